The lowest BCUT2D eigenvalue weighted by Gasteiger charge is -2.01. The molecule has 2 heteroatoms. The summed E-state index contributed by atoms with van der Waals surface area (Å²) >= 11 is 1.70. The van der Waals surface area contributed by atoms with E-state index < -0.39 is 0 Å². The van der Waals surface area contributed by atoms with Crippen LogP contribution in [-0.4, -0.2) is 7.11 Å². The van der Waals surface area contributed by atoms with Crippen LogP contribution in [0, 0.1) is 0 Å². The van der Waals surface area contributed by atoms with Crippen molar-refractivity contribution in [3.05, 3.63) is 41.8 Å². The Hall–Kier alpha value is -1.28. The van der Waals surface area contributed by atoms with Gasteiger partial charge in [0.25, 0.3) is 0 Å². The van der Waals surface area contributed by atoms with Gasteiger partial charge < -0.3 is 4.74 Å². The number of benzene rings is 1. The van der Waals surface area contributed by atoms with Gasteiger partial charge in [-0.3, -0.25) is 0 Å². The highest BCUT2D eigenvalue weighted by Crippen LogP contribution is 2.34. The molecule has 1 aromatic carbocycles. The molecule has 1 nitrogen and oxygen atoms in total. The van der Waals surface area contributed by atoms with Crippen LogP contribution in [0.25, 0.3) is 10.4 Å². The van der Waals surface area contributed by atoms with Crippen LogP contribution < -0.4 is 4.74 Å². The summed E-state index contributed by atoms with van der Waals surface area (Å²) in [6.07, 6.45) is 0. The molecule has 1 aromatic heterocycles. The topological polar surface area (TPSA) is 9.23 Å². The van der Waals surface area contributed by atoms with E-state index in [1.807, 2.05) is 29.6 Å². The predicted octanol–water partition coefficient (Wildman–Crippen LogP) is 3.42. The van der Waals surface area contributed by atoms with E-state index in [-0.39, 0.29) is 0 Å². The number of hydrogen-bond donors (Lipinski definition) is 0. The Kier molecular flexibility index (Phi) is 2.32. The van der Waals surface area contributed by atoms with Gasteiger partial charge in [-0.05, 0) is 17.0 Å². The van der Waals surface area contributed by atoms with Gasteiger partial charge in [-0.2, -0.15) is 0 Å². The second kappa shape index (κ2) is 3.62. The Bertz CT molecular complexity index is 378. The summed E-state index contributed by atoms with van der Waals surface area (Å²) in [5.41, 5.74) is 1.22. The quantitative estimate of drug-likeness (QED) is 0.705. The van der Waals surface area contributed by atoms with Crippen LogP contribution in [0.3, 0.4) is 0 Å². The molecular formula is C11H10OS. The molecule has 0 aliphatic carbocycles. The van der Waals surface area contributed by atoms with Gasteiger partial charge >= 0.3 is 0 Å². The van der Waals surface area contributed by atoms with Crippen LogP contribution in [-0.2, 0) is 0 Å². The Balaban J connectivity index is 2.47. The van der Waals surface area contributed by atoms with Gasteiger partial charge in [0.15, 0.2) is 0 Å². The molecule has 2 aromatic rings. The van der Waals surface area contributed by atoms with E-state index in [1.165, 1.54) is 10.4 Å². The van der Waals surface area contributed by atoms with Crippen molar-refractivity contribution in [1.29, 1.82) is 0 Å². The SMILES string of the molecule is COc1ccsc1-c1ccccc1. The minimum atomic E-state index is 0.955. The first-order valence-corrected chi connectivity index (χ1v) is 4.96. The normalized spacial score (nSPS) is 9.92. The van der Waals surface area contributed by atoms with Crippen molar-refractivity contribution in [2.75, 3.05) is 7.11 Å². The molecule has 0 spiro atoms. The molecule has 0 amide bonds. The molecule has 1 heterocycles. The third-order valence-electron chi connectivity index (χ3n) is 1.88. The molecule has 13 heavy (non-hydrogen) atoms. The number of rotatable bonds is 2. The fourth-order valence-corrected chi connectivity index (χ4v) is 2.13. The molecule has 0 unspecified atom stereocenters. The maximum atomic E-state index is 5.25. The summed E-state index contributed by atoms with van der Waals surface area (Å²) in [7, 11) is 1.70. The summed E-state index contributed by atoms with van der Waals surface area (Å²) < 4.78 is 5.25. The Labute approximate surface area is 81.6 Å². The van der Waals surface area contributed by atoms with Crippen LogP contribution >= 0.6 is 11.3 Å². The van der Waals surface area contributed by atoms with E-state index in [0.29, 0.717) is 0 Å². The second-order valence-corrected chi connectivity index (χ2v) is 3.60. The van der Waals surface area contributed by atoms with Crippen molar-refractivity contribution in [3.8, 4) is 16.2 Å². The predicted molar refractivity (Wildman–Crippen MR) is 56.3 cm³/mol. The van der Waals surface area contributed by atoms with E-state index in [2.05, 4.69) is 12.1 Å². The maximum absolute atomic E-state index is 5.25. The summed E-state index contributed by atoms with van der Waals surface area (Å²) in [5, 5.41) is 2.04. The molecule has 66 valence electrons. The summed E-state index contributed by atoms with van der Waals surface area (Å²) in [6.45, 7) is 0. The largest absolute Gasteiger partial charge is 0.495 e. The molecule has 2 rings (SSSR count). The molecule has 0 saturated carbocycles. The molecule has 0 atom stereocenters. The Morgan fingerprint density at radius 2 is 1.85 bits per heavy atom. The number of hydrogen-bond acceptors (Lipinski definition) is 2. The average molecular weight is 190 g/mol. The fraction of sp³-hybridized carbons (Fsp3) is 0.0909. The van der Waals surface area contributed by atoms with Crippen LogP contribution in [0.1, 0.15) is 0 Å². The van der Waals surface area contributed by atoms with E-state index >= 15 is 0 Å². The van der Waals surface area contributed by atoms with Gasteiger partial charge in [-0.25, -0.2) is 0 Å². The lowest BCUT2D eigenvalue weighted by atomic mass is 10.2. The van der Waals surface area contributed by atoms with Crippen molar-refractivity contribution < 1.29 is 4.74 Å². The zero-order valence-electron chi connectivity index (χ0n) is 7.36. The minimum absolute atomic E-state index is 0.955. The van der Waals surface area contributed by atoms with Crippen LogP contribution in [0.15, 0.2) is 41.8 Å². The van der Waals surface area contributed by atoms with Gasteiger partial charge in [0.2, 0.25) is 0 Å². The van der Waals surface area contributed by atoms with Crippen LogP contribution in [0.4, 0.5) is 0 Å². The first kappa shape index (κ1) is 8.32. The van der Waals surface area contributed by atoms with E-state index in [0.717, 1.165) is 5.75 Å². The van der Waals surface area contributed by atoms with E-state index in [1.54, 1.807) is 18.4 Å². The van der Waals surface area contributed by atoms with Crippen LogP contribution in [0.5, 0.6) is 5.75 Å². The fourth-order valence-electron chi connectivity index (χ4n) is 1.26. The van der Waals surface area contributed by atoms with E-state index in [4.69, 9.17) is 4.74 Å². The average Bonchev–Trinajstić information content (AvgIpc) is 2.67. The second-order valence-electron chi connectivity index (χ2n) is 2.68. The standard InChI is InChI=1S/C11H10OS/c1-12-10-7-8-13-11(10)9-5-3-2-4-6-9/h2-8H,1H3. The zero-order chi connectivity index (χ0) is 9.10. The summed E-state index contributed by atoms with van der Waals surface area (Å²) in [4.78, 5) is 1.20. The highest BCUT2D eigenvalue weighted by Gasteiger charge is 2.05. The van der Waals surface area contributed by atoms with Gasteiger partial charge in [0, 0.05) is 0 Å². The van der Waals surface area contributed by atoms with Gasteiger partial charge in [0.1, 0.15) is 5.75 Å². The third kappa shape index (κ3) is 1.58. The number of thiophene rings is 1. The van der Waals surface area contributed by atoms with Crippen molar-refractivity contribution in [2.24, 2.45) is 0 Å². The highest BCUT2D eigenvalue weighted by atomic mass is 32.1. The highest BCUT2D eigenvalue weighted by molar-refractivity contribution is 7.14. The molecule has 0 N–H and O–H groups in total. The molecule has 0 aliphatic rings. The maximum Gasteiger partial charge on any atom is 0.137 e. The minimum Gasteiger partial charge on any atom is -0.495 e. The smallest absolute Gasteiger partial charge is 0.137 e. The summed E-state index contributed by atoms with van der Waals surface area (Å²) in [5.74, 6) is 0.955. The lowest BCUT2D eigenvalue weighted by molar-refractivity contribution is 0.418. The zero-order valence-corrected chi connectivity index (χ0v) is 8.17. The molecule has 0 radical (unpaired) electrons. The van der Waals surface area contributed by atoms with Gasteiger partial charge in [-0.15, -0.1) is 11.3 Å². The first-order chi connectivity index (χ1) is 6.42. The van der Waals surface area contributed by atoms with Crippen molar-refractivity contribution in [2.45, 2.75) is 0 Å². The molecule has 0 saturated heterocycles. The van der Waals surface area contributed by atoms with Crippen molar-refractivity contribution >= 4 is 11.3 Å². The van der Waals surface area contributed by atoms with Crippen molar-refractivity contribution in [1.82, 2.24) is 0 Å². The summed E-state index contributed by atoms with van der Waals surface area (Å²) in [6, 6.07) is 12.3. The van der Waals surface area contributed by atoms with E-state index in [9.17, 15) is 0 Å². The number of methoxy groups -OCH3 is 1. The third-order valence-corrected chi connectivity index (χ3v) is 2.83. The van der Waals surface area contributed by atoms with Crippen LogP contribution in [0.2, 0.25) is 0 Å². The lowest BCUT2D eigenvalue weighted by Crippen LogP contribution is -1.81. The Morgan fingerprint density at radius 3 is 2.54 bits per heavy atom. The molecular weight excluding hydrogens is 180 g/mol. The Morgan fingerprint density at radius 1 is 1.08 bits per heavy atom. The van der Waals surface area contributed by atoms with Gasteiger partial charge in [0.05, 0.1) is 12.0 Å². The molecule has 0 aliphatic heterocycles. The molecule has 0 fully saturated rings. The molecule has 0 bridgehead atoms. The van der Waals surface area contributed by atoms with Gasteiger partial charge in [-0.1, -0.05) is 30.3 Å². The van der Waals surface area contributed by atoms with Crippen molar-refractivity contribution in [3.63, 3.8) is 0 Å². The first-order valence-electron chi connectivity index (χ1n) is 4.08. The monoisotopic (exact) mass is 190 g/mol. The number of ether oxygens (including phenoxy) is 1.